The van der Waals surface area contributed by atoms with E-state index in [1.54, 1.807) is 0 Å². The lowest BCUT2D eigenvalue weighted by Crippen LogP contribution is -2.30. The van der Waals surface area contributed by atoms with E-state index in [0.717, 1.165) is 167 Å². The van der Waals surface area contributed by atoms with Gasteiger partial charge in [-0.3, -0.25) is 14.4 Å². The number of hydrogen-bond acceptors (Lipinski definition) is 6. The smallest absolute Gasteiger partial charge is 0.306 e. The molecule has 0 spiro atoms. The number of ether oxygens (including phenoxy) is 3. The summed E-state index contributed by atoms with van der Waals surface area (Å²) in [4.78, 5) is 37.8. The van der Waals surface area contributed by atoms with Crippen LogP contribution in [-0.2, 0) is 28.6 Å². The molecule has 1 atom stereocenters. The fourth-order valence-electron chi connectivity index (χ4n) is 7.34. The Morgan fingerprint density at radius 1 is 0.280 bits per heavy atom. The molecule has 0 N–H and O–H groups in total. The highest BCUT2D eigenvalue weighted by molar-refractivity contribution is 5.71. The largest absolute Gasteiger partial charge is 0.462 e. The Morgan fingerprint density at radius 3 is 0.840 bits per heavy atom. The Balaban J connectivity index is 4.23. The average molecular weight is 1030 g/mol. The second-order valence-electron chi connectivity index (χ2n) is 18.8. The first-order valence-corrected chi connectivity index (χ1v) is 29.6. The summed E-state index contributed by atoms with van der Waals surface area (Å²) < 4.78 is 16.7. The summed E-state index contributed by atoms with van der Waals surface area (Å²) in [6.07, 6.45) is 91.1. The standard InChI is InChI=1S/C69H106O6/c1-4-7-10-13-15-17-19-21-23-25-27-28-29-30-31-32-33-34-35-36-37-38-39-40-42-43-45-47-49-51-53-56-59-62-68(71)74-65-66(64-73-67(70)61-58-55-12-9-6-3)75-69(72)63-60-57-54-52-50-48-46-44-41-26-24-22-20-18-16-14-11-8-5-2/h7-8,10-11,15-18,21-24,27-28,30-31,33-34,36-37,39-41,43-45,49,51,66H,4-6,9,12-14,19-20,25-26,29,32,35,38,42,46-48,50,52-65H2,1-3H3/b10-7-,11-8-,17-15-,18-16-,23-21-,24-22-,28-27-,31-30-,34-33-,37-36-,40-39-,44-41-,45-43-,51-49-. The lowest BCUT2D eigenvalue weighted by molar-refractivity contribution is -0.167. The van der Waals surface area contributed by atoms with Crippen molar-refractivity contribution in [1.29, 1.82) is 0 Å². The Labute approximate surface area is 460 Å². The highest BCUT2D eigenvalue weighted by Crippen LogP contribution is 2.12. The van der Waals surface area contributed by atoms with Crippen molar-refractivity contribution in [2.24, 2.45) is 0 Å². The molecule has 0 rings (SSSR count). The Kier molecular flexibility index (Phi) is 57.0. The molecule has 6 nitrogen and oxygen atoms in total. The van der Waals surface area contributed by atoms with E-state index < -0.39 is 6.10 Å². The van der Waals surface area contributed by atoms with Gasteiger partial charge in [-0.15, -0.1) is 0 Å². The van der Waals surface area contributed by atoms with Gasteiger partial charge in [0.05, 0.1) is 0 Å². The van der Waals surface area contributed by atoms with Gasteiger partial charge < -0.3 is 14.2 Å². The first-order valence-electron chi connectivity index (χ1n) is 29.6. The minimum absolute atomic E-state index is 0.106. The molecule has 0 aliphatic carbocycles. The summed E-state index contributed by atoms with van der Waals surface area (Å²) >= 11 is 0. The molecule has 0 saturated carbocycles. The summed E-state index contributed by atoms with van der Waals surface area (Å²) in [6.45, 7) is 6.25. The van der Waals surface area contributed by atoms with Crippen LogP contribution in [0.2, 0.25) is 0 Å². The highest BCUT2D eigenvalue weighted by atomic mass is 16.6. The number of hydrogen-bond donors (Lipinski definition) is 0. The van der Waals surface area contributed by atoms with E-state index >= 15 is 0 Å². The van der Waals surface area contributed by atoms with Crippen molar-refractivity contribution in [2.45, 2.75) is 232 Å². The number of esters is 3. The summed E-state index contributed by atoms with van der Waals surface area (Å²) in [7, 11) is 0. The van der Waals surface area contributed by atoms with Gasteiger partial charge in [0.1, 0.15) is 13.2 Å². The number of carbonyl (C=O) groups excluding carboxylic acids is 3. The Morgan fingerprint density at radius 2 is 0.520 bits per heavy atom. The van der Waals surface area contributed by atoms with Gasteiger partial charge in [-0.25, -0.2) is 0 Å². The Bertz CT molecular complexity index is 1750. The number of allylic oxidation sites excluding steroid dienone is 28. The first-order chi connectivity index (χ1) is 37.0. The zero-order chi connectivity index (χ0) is 54.3. The van der Waals surface area contributed by atoms with Gasteiger partial charge in [0.2, 0.25) is 0 Å². The number of carbonyl (C=O) groups is 3. The molecule has 0 bridgehead atoms. The molecule has 0 aromatic carbocycles. The quantitative estimate of drug-likeness (QED) is 0.0261. The van der Waals surface area contributed by atoms with Crippen molar-refractivity contribution in [3.63, 3.8) is 0 Å². The third-order valence-corrected chi connectivity index (χ3v) is 11.7. The summed E-state index contributed by atoms with van der Waals surface area (Å²) in [5.74, 6) is -0.991. The van der Waals surface area contributed by atoms with E-state index in [9.17, 15) is 14.4 Å². The third-order valence-electron chi connectivity index (χ3n) is 11.7. The lowest BCUT2D eigenvalue weighted by atomic mass is 10.1. The van der Waals surface area contributed by atoms with Crippen molar-refractivity contribution in [3.05, 3.63) is 170 Å². The van der Waals surface area contributed by atoms with Gasteiger partial charge in [-0.05, 0) is 135 Å². The van der Waals surface area contributed by atoms with Gasteiger partial charge in [0.25, 0.3) is 0 Å². The lowest BCUT2D eigenvalue weighted by Gasteiger charge is -2.18. The maximum Gasteiger partial charge on any atom is 0.306 e. The molecular weight excluding hydrogens is 925 g/mol. The SMILES string of the molecule is CC/C=C\C/C=C\C/C=C\C/C=C\C/C=C\C/C=C\C/C=C\C/C=C\C/C=C\C/C=C\CCCCC(=O)OCC(COC(=O)CCCCCCC)OC(=O)CCCCCCCC/C=C\C/C=C\C/C=C\C/C=C\CC. The van der Waals surface area contributed by atoms with Gasteiger partial charge in [-0.1, -0.05) is 242 Å². The van der Waals surface area contributed by atoms with E-state index in [-0.39, 0.29) is 31.1 Å². The van der Waals surface area contributed by atoms with Gasteiger partial charge in [0, 0.05) is 19.3 Å². The van der Waals surface area contributed by atoms with E-state index in [4.69, 9.17) is 14.2 Å². The zero-order valence-electron chi connectivity index (χ0n) is 47.7. The van der Waals surface area contributed by atoms with Crippen molar-refractivity contribution < 1.29 is 28.6 Å². The van der Waals surface area contributed by atoms with Crippen LogP contribution >= 0.6 is 0 Å². The molecule has 0 amide bonds. The molecule has 0 aromatic heterocycles. The predicted molar refractivity (Wildman–Crippen MR) is 325 cm³/mol. The topological polar surface area (TPSA) is 78.9 Å². The van der Waals surface area contributed by atoms with E-state index in [1.165, 1.54) is 12.8 Å². The summed E-state index contributed by atoms with van der Waals surface area (Å²) in [5, 5.41) is 0. The van der Waals surface area contributed by atoms with Crippen LogP contribution < -0.4 is 0 Å². The molecule has 0 fully saturated rings. The number of unbranched alkanes of at least 4 members (excludes halogenated alkanes) is 12. The van der Waals surface area contributed by atoms with Crippen molar-refractivity contribution in [3.8, 4) is 0 Å². The highest BCUT2D eigenvalue weighted by Gasteiger charge is 2.19. The van der Waals surface area contributed by atoms with E-state index in [2.05, 4.69) is 191 Å². The van der Waals surface area contributed by atoms with Gasteiger partial charge in [-0.2, -0.15) is 0 Å². The minimum Gasteiger partial charge on any atom is -0.462 e. The first kappa shape index (κ1) is 69.8. The van der Waals surface area contributed by atoms with Crippen molar-refractivity contribution >= 4 is 17.9 Å². The van der Waals surface area contributed by atoms with Crippen LogP contribution in [0.15, 0.2) is 170 Å². The van der Waals surface area contributed by atoms with Gasteiger partial charge in [0.15, 0.2) is 6.10 Å². The molecule has 1 unspecified atom stereocenters. The van der Waals surface area contributed by atoms with Crippen LogP contribution in [0.5, 0.6) is 0 Å². The third kappa shape index (κ3) is 59.5. The fraction of sp³-hybridized carbons (Fsp3) is 0.551. The fourth-order valence-corrected chi connectivity index (χ4v) is 7.34. The normalized spacial score (nSPS) is 13.4. The second kappa shape index (κ2) is 61.3. The van der Waals surface area contributed by atoms with Crippen molar-refractivity contribution in [2.75, 3.05) is 13.2 Å². The second-order valence-corrected chi connectivity index (χ2v) is 18.8. The monoisotopic (exact) mass is 1030 g/mol. The van der Waals surface area contributed by atoms with Crippen LogP contribution in [0.3, 0.4) is 0 Å². The summed E-state index contributed by atoms with van der Waals surface area (Å²) in [6, 6.07) is 0. The average Bonchev–Trinajstić information content (AvgIpc) is 3.41. The predicted octanol–water partition coefficient (Wildman–Crippen LogP) is 20.3. The van der Waals surface area contributed by atoms with Crippen LogP contribution in [-0.4, -0.2) is 37.2 Å². The summed E-state index contributed by atoms with van der Waals surface area (Å²) in [5.41, 5.74) is 0. The van der Waals surface area contributed by atoms with Crippen LogP contribution in [0.1, 0.15) is 226 Å². The number of rotatable bonds is 51. The maximum absolute atomic E-state index is 12.8. The van der Waals surface area contributed by atoms with Crippen molar-refractivity contribution in [1.82, 2.24) is 0 Å². The van der Waals surface area contributed by atoms with Crippen LogP contribution in [0.25, 0.3) is 0 Å². The van der Waals surface area contributed by atoms with E-state index in [0.29, 0.717) is 25.7 Å². The molecule has 75 heavy (non-hydrogen) atoms. The van der Waals surface area contributed by atoms with E-state index in [1.807, 2.05) is 0 Å². The minimum atomic E-state index is -0.809. The molecular formula is C69H106O6. The van der Waals surface area contributed by atoms with Crippen LogP contribution in [0.4, 0.5) is 0 Å². The molecule has 0 saturated heterocycles. The molecule has 0 aliphatic heterocycles. The zero-order valence-corrected chi connectivity index (χ0v) is 47.7. The molecule has 6 heteroatoms. The van der Waals surface area contributed by atoms with Crippen LogP contribution in [0, 0.1) is 0 Å². The molecule has 0 aromatic rings. The van der Waals surface area contributed by atoms with Gasteiger partial charge >= 0.3 is 17.9 Å². The maximum atomic E-state index is 12.8. The molecule has 0 radical (unpaired) electrons. The molecule has 0 heterocycles. The molecule has 0 aliphatic rings. The molecule has 418 valence electrons. The Hall–Kier alpha value is -5.23.